The first-order valence-corrected chi connectivity index (χ1v) is 6.75. The summed E-state index contributed by atoms with van der Waals surface area (Å²) in [7, 11) is 0. The Hall–Kier alpha value is -1.05. The van der Waals surface area contributed by atoms with Gasteiger partial charge in [0.05, 0.1) is 11.3 Å². The van der Waals surface area contributed by atoms with Crippen LogP contribution in [0.5, 0.6) is 0 Å². The molecule has 0 radical (unpaired) electrons. The molecule has 2 rings (SSSR count). The first-order chi connectivity index (χ1) is 8.29. The number of nitrogens with zero attached hydrogens (tertiary/aromatic N) is 2. The number of anilines is 1. The summed E-state index contributed by atoms with van der Waals surface area (Å²) in [5.41, 5.74) is 1.62. The summed E-state index contributed by atoms with van der Waals surface area (Å²) in [6, 6.07) is 7.89. The van der Waals surface area contributed by atoms with Crippen molar-refractivity contribution < 1.29 is 0 Å². The zero-order chi connectivity index (χ0) is 12.1. The zero-order valence-electron chi connectivity index (χ0n) is 9.75. The van der Waals surface area contributed by atoms with Crippen LogP contribution in [0.1, 0.15) is 18.4 Å². The second kappa shape index (κ2) is 6.04. The smallest absolute Gasteiger partial charge is 0.101 e. The van der Waals surface area contributed by atoms with E-state index in [0.717, 1.165) is 23.2 Å². The fourth-order valence-corrected chi connectivity index (χ4v) is 2.48. The quantitative estimate of drug-likeness (QED) is 0.928. The summed E-state index contributed by atoms with van der Waals surface area (Å²) >= 11 is 3.42. The zero-order valence-corrected chi connectivity index (χ0v) is 11.3. The Kier molecular flexibility index (Phi) is 4.41. The first-order valence-electron chi connectivity index (χ1n) is 5.95. The van der Waals surface area contributed by atoms with Crippen molar-refractivity contribution in [1.82, 2.24) is 4.90 Å². The highest BCUT2D eigenvalue weighted by molar-refractivity contribution is 9.10. The van der Waals surface area contributed by atoms with Gasteiger partial charge in [0, 0.05) is 17.6 Å². The molecule has 3 nitrogen and oxygen atoms in total. The van der Waals surface area contributed by atoms with E-state index in [2.05, 4.69) is 32.2 Å². The monoisotopic (exact) mass is 293 g/mol. The third kappa shape index (κ3) is 3.45. The van der Waals surface area contributed by atoms with Crippen molar-refractivity contribution in [2.75, 3.05) is 31.5 Å². The third-order valence-electron chi connectivity index (χ3n) is 3.04. The van der Waals surface area contributed by atoms with E-state index >= 15 is 0 Å². The molecule has 0 bridgehead atoms. The molecule has 0 unspecified atom stereocenters. The number of nitrogens with one attached hydrogen (secondary N) is 1. The molecule has 0 spiro atoms. The minimum atomic E-state index is 0.703. The van der Waals surface area contributed by atoms with Crippen LogP contribution in [0.2, 0.25) is 0 Å². The van der Waals surface area contributed by atoms with Crippen LogP contribution in [0, 0.1) is 11.3 Å². The molecule has 1 N–H and O–H groups in total. The Morgan fingerprint density at radius 2 is 2.12 bits per heavy atom. The number of nitriles is 1. The maximum absolute atomic E-state index is 9.00. The maximum atomic E-state index is 9.00. The molecule has 0 amide bonds. The van der Waals surface area contributed by atoms with Gasteiger partial charge in [0.2, 0.25) is 0 Å². The highest BCUT2D eigenvalue weighted by atomic mass is 79.9. The van der Waals surface area contributed by atoms with Crippen LogP contribution >= 0.6 is 15.9 Å². The van der Waals surface area contributed by atoms with Gasteiger partial charge in [-0.3, -0.25) is 0 Å². The van der Waals surface area contributed by atoms with Gasteiger partial charge in [-0.15, -0.1) is 0 Å². The second-order valence-corrected chi connectivity index (χ2v) is 5.19. The molecule has 90 valence electrons. The Labute approximate surface area is 111 Å². The van der Waals surface area contributed by atoms with Gasteiger partial charge in [-0.2, -0.15) is 5.26 Å². The van der Waals surface area contributed by atoms with Crippen molar-refractivity contribution in [3.8, 4) is 6.07 Å². The van der Waals surface area contributed by atoms with Crippen LogP contribution < -0.4 is 5.32 Å². The van der Waals surface area contributed by atoms with Crippen molar-refractivity contribution in [2.24, 2.45) is 0 Å². The van der Waals surface area contributed by atoms with Crippen LogP contribution in [-0.4, -0.2) is 31.1 Å². The van der Waals surface area contributed by atoms with Crippen LogP contribution in [0.4, 0.5) is 5.69 Å². The van der Waals surface area contributed by atoms with Gasteiger partial charge in [-0.25, -0.2) is 0 Å². The molecular weight excluding hydrogens is 278 g/mol. The van der Waals surface area contributed by atoms with Crippen LogP contribution in [0.15, 0.2) is 22.7 Å². The molecular formula is C13H16BrN3. The molecule has 1 heterocycles. The molecule has 1 aliphatic rings. The molecule has 0 aromatic heterocycles. The lowest BCUT2D eigenvalue weighted by Gasteiger charge is -2.15. The molecule has 0 saturated carbocycles. The van der Waals surface area contributed by atoms with Crippen LogP contribution in [0.3, 0.4) is 0 Å². The fraction of sp³-hybridized carbons (Fsp3) is 0.462. The van der Waals surface area contributed by atoms with Crippen molar-refractivity contribution in [1.29, 1.82) is 5.26 Å². The van der Waals surface area contributed by atoms with Gasteiger partial charge in [0.15, 0.2) is 0 Å². The van der Waals surface area contributed by atoms with Crippen LogP contribution in [0.25, 0.3) is 0 Å². The van der Waals surface area contributed by atoms with E-state index in [1.165, 1.54) is 25.9 Å². The molecule has 1 aromatic carbocycles. The highest BCUT2D eigenvalue weighted by Gasteiger charge is 2.10. The normalized spacial score (nSPS) is 15.8. The van der Waals surface area contributed by atoms with Crippen molar-refractivity contribution >= 4 is 21.6 Å². The molecule has 1 aliphatic heterocycles. The van der Waals surface area contributed by atoms with Crippen molar-refractivity contribution in [3.63, 3.8) is 0 Å². The van der Waals surface area contributed by atoms with E-state index in [9.17, 15) is 0 Å². The molecule has 0 aliphatic carbocycles. The number of rotatable bonds is 4. The number of benzene rings is 1. The molecule has 1 aromatic rings. The largest absolute Gasteiger partial charge is 0.383 e. The van der Waals surface area contributed by atoms with Gasteiger partial charge in [-0.1, -0.05) is 15.9 Å². The van der Waals surface area contributed by atoms with Crippen LogP contribution in [-0.2, 0) is 0 Å². The van der Waals surface area contributed by atoms with E-state index in [1.54, 1.807) is 0 Å². The fourth-order valence-electron chi connectivity index (χ4n) is 2.12. The SMILES string of the molecule is N#Cc1ccc(Br)cc1NCCN1CCCC1. The lowest BCUT2D eigenvalue weighted by atomic mass is 10.2. The summed E-state index contributed by atoms with van der Waals surface area (Å²) in [4.78, 5) is 2.46. The molecule has 17 heavy (non-hydrogen) atoms. The number of halogens is 1. The molecule has 1 saturated heterocycles. The highest BCUT2D eigenvalue weighted by Crippen LogP contribution is 2.20. The Morgan fingerprint density at radius 1 is 1.35 bits per heavy atom. The number of hydrogen-bond donors (Lipinski definition) is 1. The van der Waals surface area contributed by atoms with Crippen molar-refractivity contribution in [3.05, 3.63) is 28.2 Å². The standard InChI is InChI=1S/C13H16BrN3/c14-12-4-3-11(10-15)13(9-12)16-5-8-17-6-1-2-7-17/h3-4,9,16H,1-2,5-8H2. The molecule has 1 fully saturated rings. The summed E-state index contributed by atoms with van der Waals surface area (Å²) < 4.78 is 1.00. The Morgan fingerprint density at radius 3 is 2.82 bits per heavy atom. The first kappa shape index (κ1) is 12.4. The maximum Gasteiger partial charge on any atom is 0.101 e. The molecule has 4 heteroatoms. The summed E-state index contributed by atoms with van der Waals surface area (Å²) in [6.07, 6.45) is 2.64. The van der Waals surface area contributed by atoms with E-state index in [0.29, 0.717) is 5.56 Å². The minimum Gasteiger partial charge on any atom is -0.383 e. The molecule has 0 atom stereocenters. The number of likely N-dealkylation sites (tertiary alicyclic amines) is 1. The summed E-state index contributed by atoms with van der Waals surface area (Å²) in [5, 5.41) is 12.3. The van der Waals surface area contributed by atoms with E-state index < -0.39 is 0 Å². The number of hydrogen-bond acceptors (Lipinski definition) is 3. The predicted octanol–water partition coefficient (Wildman–Crippen LogP) is 2.83. The summed E-state index contributed by atoms with van der Waals surface area (Å²) in [5.74, 6) is 0. The lowest BCUT2D eigenvalue weighted by Crippen LogP contribution is -2.26. The summed E-state index contributed by atoms with van der Waals surface area (Å²) in [6.45, 7) is 4.37. The van der Waals surface area contributed by atoms with E-state index in [1.807, 2.05) is 18.2 Å². The van der Waals surface area contributed by atoms with Gasteiger partial charge in [-0.05, 0) is 44.1 Å². The Balaban J connectivity index is 1.89. The van der Waals surface area contributed by atoms with Crippen molar-refractivity contribution in [2.45, 2.75) is 12.8 Å². The van der Waals surface area contributed by atoms with Gasteiger partial charge < -0.3 is 10.2 Å². The van der Waals surface area contributed by atoms with Gasteiger partial charge in [0.25, 0.3) is 0 Å². The average Bonchev–Trinajstić information content (AvgIpc) is 2.82. The third-order valence-corrected chi connectivity index (χ3v) is 3.54. The van der Waals surface area contributed by atoms with E-state index in [4.69, 9.17) is 5.26 Å². The van der Waals surface area contributed by atoms with E-state index in [-0.39, 0.29) is 0 Å². The average molecular weight is 294 g/mol. The van der Waals surface area contributed by atoms with Gasteiger partial charge in [0.1, 0.15) is 6.07 Å². The Bertz CT molecular complexity index is 419. The second-order valence-electron chi connectivity index (χ2n) is 4.28. The topological polar surface area (TPSA) is 39.1 Å². The minimum absolute atomic E-state index is 0.703. The lowest BCUT2D eigenvalue weighted by molar-refractivity contribution is 0.352. The van der Waals surface area contributed by atoms with Gasteiger partial charge >= 0.3 is 0 Å². The predicted molar refractivity (Wildman–Crippen MR) is 73.0 cm³/mol.